The van der Waals surface area contributed by atoms with Crippen molar-refractivity contribution < 1.29 is 23.9 Å². The van der Waals surface area contributed by atoms with Crippen LogP contribution in [0.5, 0.6) is 0 Å². The van der Waals surface area contributed by atoms with Crippen LogP contribution in [0.3, 0.4) is 0 Å². The van der Waals surface area contributed by atoms with E-state index in [1.807, 2.05) is 13.8 Å². The van der Waals surface area contributed by atoms with E-state index in [0.717, 1.165) is 12.8 Å². The van der Waals surface area contributed by atoms with Gasteiger partial charge in [0.25, 0.3) is 5.91 Å². The molecule has 0 aromatic rings. The standard InChI is InChI=1S/C18H32N2O5/c1-6-12(5)8-9-19-16(21)13(10-11(3)4)20-17(22)14-15(25-14)18(23)24-7-2/h11-15H,6-10H2,1-5H3,(H,19,21)(H,20,22). The van der Waals surface area contributed by atoms with E-state index < -0.39 is 30.1 Å². The van der Waals surface area contributed by atoms with Crippen molar-refractivity contribution in [3.8, 4) is 0 Å². The molecule has 0 aromatic heterocycles. The molecule has 4 atom stereocenters. The first-order valence-corrected chi connectivity index (χ1v) is 9.20. The fourth-order valence-electron chi connectivity index (χ4n) is 2.44. The average Bonchev–Trinajstić information content (AvgIpc) is 3.34. The quantitative estimate of drug-likeness (QED) is 0.431. The second kappa shape index (κ2) is 10.4. The van der Waals surface area contributed by atoms with Gasteiger partial charge in [-0.05, 0) is 31.6 Å². The third kappa shape index (κ3) is 7.42. The highest BCUT2D eigenvalue weighted by molar-refractivity contribution is 5.95. The van der Waals surface area contributed by atoms with Gasteiger partial charge in [-0.2, -0.15) is 0 Å². The SMILES string of the molecule is CCOC(=O)C1OC1C(=O)NC(CC(C)C)C(=O)NCCC(C)CC. The Labute approximate surface area is 150 Å². The number of rotatable bonds is 11. The lowest BCUT2D eigenvalue weighted by Gasteiger charge is -2.20. The fourth-order valence-corrected chi connectivity index (χ4v) is 2.44. The predicted molar refractivity (Wildman–Crippen MR) is 93.8 cm³/mol. The van der Waals surface area contributed by atoms with Crippen LogP contribution in [0.1, 0.15) is 53.9 Å². The molecular weight excluding hydrogens is 324 g/mol. The Morgan fingerprint density at radius 1 is 1.12 bits per heavy atom. The molecule has 7 heteroatoms. The lowest BCUT2D eigenvalue weighted by atomic mass is 10.0. The number of carbonyl (C=O) groups excluding carboxylic acids is 3. The van der Waals surface area contributed by atoms with Crippen LogP contribution in [-0.4, -0.2) is 49.2 Å². The van der Waals surface area contributed by atoms with Crippen LogP contribution in [0, 0.1) is 11.8 Å². The molecule has 7 nitrogen and oxygen atoms in total. The van der Waals surface area contributed by atoms with Crippen LogP contribution in [0.4, 0.5) is 0 Å². The zero-order valence-electron chi connectivity index (χ0n) is 16.0. The Bertz CT molecular complexity index is 466. The van der Waals surface area contributed by atoms with E-state index >= 15 is 0 Å². The summed E-state index contributed by atoms with van der Waals surface area (Å²) in [4.78, 5) is 36.2. The van der Waals surface area contributed by atoms with Gasteiger partial charge in [0.1, 0.15) is 6.04 Å². The Hall–Kier alpha value is -1.63. The van der Waals surface area contributed by atoms with E-state index in [-0.39, 0.29) is 18.4 Å². The van der Waals surface area contributed by atoms with Gasteiger partial charge in [0.2, 0.25) is 5.91 Å². The second-order valence-electron chi connectivity index (χ2n) is 7.01. The van der Waals surface area contributed by atoms with Gasteiger partial charge in [0.05, 0.1) is 6.61 Å². The molecule has 0 bridgehead atoms. The maximum absolute atomic E-state index is 12.4. The van der Waals surface area contributed by atoms with E-state index in [2.05, 4.69) is 24.5 Å². The van der Waals surface area contributed by atoms with E-state index in [1.54, 1.807) is 6.92 Å². The molecule has 2 N–H and O–H groups in total. The number of amides is 2. The van der Waals surface area contributed by atoms with Crippen molar-refractivity contribution >= 4 is 17.8 Å². The summed E-state index contributed by atoms with van der Waals surface area (Å²) in [5.74, 6) is -0.393. The minimum atomic E-state index is -0.860. The van der Waals surface area contributed by atoms with Gasteiger partial charge in [0, 0.05) is 6.54 Å². The van der Waals surface area contributed by atoms with Crippen LogP contribution in [0.15, 0.2) is 0 Å². The van der Waals surface area contributed by atoms with Gasteiger partial charge >= 0.3 is 5.97 Å². The lowest BCUT2D eigenvalue weighted by molar-refractivity contribution is -0.144. The minimum Gasteiger partial charge on any atom is -0.464 e. The molecule has 144 valence electrons. The normalized spacial score (nSPS) is 21.4. The van der Waals surface area contributed by atoms with Gasteiger partial charge in [-0.25, -0.2) is 4.79 Å². The van der Waals surface area contributed by atoms with Crippen molar-refractivity contribution in [2.24, 2.45) is 11.8 Å². The van der Waals surface area contributed by atoms with Crippen molar-refractivity contribution in [2.75, 3.05) is 13.2 Å². The number of esters is 1. The molecule has 1 aliphatic rings. The molecule has 1 aliphatic heterocycles. The zero-order valence-corrected chi connectivity index (χ0v) is 16.0. The Morgan fingerprint density at radius 3 is 2.36 bits per heavy atom. The molecule has 0 saturated carbocycles. The number of carbonyl (C=O) groups is 3. The molecule has 2 amide bonds. The Kier molecular flexibility index (Phi) is 8.89. The third-order valence-corrected chi connectivity index (χ3v) is 4.24. The Morgan fingerprint density at radius 2 is 1.80 bits per heavy atom. The molecule has 1 rings (SSSR count). The number of epoxide rings is 1. The monoisotopic (exact) mass is 356 g/mol. The van der Waals surface area contributed by atoms with Crippen LogP contribution < -0.4 is 10.6 Å². The van der Waals surface area contributed by atoms with Crippen LogP contribution in [0.25, 0.3) is 0 Å². The summed E-state index contributed by atoms with van der Waals surface area (Å²) in [5.41, 5.74) is 0. The highest BCUT2D eigenvalue weighted by atomic mass is 16.6. The highest BCUT2D eigenvalue weighted by Crippen LogP contribution is 2.24. The van der Waals surface area contributed by atoms with E-state index in [9.17, 15) is 14.4 Å². The van der Waals surface area contributed by atoms with Gasteiger partial charge < -0.3 is 20.1 Å². The summed E-state index contributed by atoms with van der Waals surface area (Å²) in [6, 6.07) is -0.628. The van der Waals surface area contributed by atoms with Crippen molar-refractivity contribution in [1.82, 2.24) is 10.6 Å². The van der Waals surface area contributed by atoms with E-state index in [4.69, 9.17) is 9.47 Å². The number of hydrogen-bond donors (Lipinski definition) is 2. The molecule has 1 saturated heterocycles. The van der Waals surface area contributed by atoms with Crippen molar-refractivity contribution in [3.63, 3.8) is 0 Å². The predicted octanol–water partition coefficient (Wildman–Crippen LogP) is 1.40. The van der Waals surface area contributed by atoms with Crippen molar-refractivity contribution in [1.29, 1.82) is 0 Å². The molecule has 1 fully saturated rings. The first-order chi connectivity index (χ1) is 11.8. The smallest absolute Gasteiger partial charge is 0.338 e. The summed E-state index contributed by atoms with van der Waals surface area (Å²) in [6.07, 6.45) is 0.782. The summed E-state index contributed by atoms with van der Waals surface area (Å²) in [5, 5.41) is 5.59. The fraction of sp³-hybridized carbons (Fsp3) is 0.833. The molecule has 0 aliphatic carbocycles. The second-order valence-corrected chi connectivity index (χ2v) is 7.01. The number of nitrogens with one attached hydrogen (secondary N) is 2. The maximum Gasteiger partial charge on any atom is 0.338 e. The average molecular weight is 356 g/mol. The summed E-state index contributed by atoms with van der Waals surface area (Å²) in [6.45, 7) is 10.7. The van der Waals surface area contributed by atoms with Crippen molar-refractivity contribution in [3.05, 3.63) is 0 Å². The van der Waals surface area contributed by atoms with Crippen molar-refractivity contribution in [2.45, 2.75) is 72.1 Å². The van der Waals surface area contributed by atoms with Crippen LogP contribution >= 0.6 is 0 Å². The number of hydrogen-bond acceptors (Lipinski definition) is 5. The maximum atomic E-state index is 12.4. The number of ether oxygens (including phenoxy) is 2. The molecule has 1 heterocycles. The Balaban J connectivity index is 2.51. The summed E-state index contributed by atoms with van der Waals surface area (Å²) < 4.78 is 9.91. The van der Waals surface area contributed by atoms with E-state index in [0.29, 0.717) is 18.9 Å². The van der Waals surface area contributed by atoms with Crippen LogP contribution in [-0.2, 0) is 23.9 Å². The highest BCUT2D eigenvalue weighted by Gasteiger charge is 2.52. The summed E-state index contributed by atoms with van der Waals surface area (Å²) >= 11 is 0. The summed E-state index contributed by atoms with van der Waals surface area (Å²) in [7, 11) is 0. The molecule has 25 heavy (non-hydrogen) atoms. The molecule has 0 radical (unpaired) electrons. The van der Waals surface area contributed by atoms with Gasteiger partial charge in [-0.3, -0.25) is 9.59 Å². The van der Waals surface area contributed by atoms with Gasteiger partial charge in [-0.1, -0.05) is 34.1 Å². The van der Waals surface area contributed by atoms with E-state index in [1.165, 1.54) is 0 Å². The van der Waals surface area contributed by atoms with Crippen LogP contribution in [0.2, 0.25) is 0 Å². The first-order valence-electron chi connectivity index (χ1n) is 9.20. The third-order valence-electron chi connectivity index (χ3n) is 4.24. The molecule has 0 aromatic carbocycles. The molecule has 4 unspecified atom stereocenters. The topological polar surface area (TPSA) is 97.0 Å². The minimum absolute atomic E-state index is 0.196. The lowest BCUT2D eigenvalue weighted by Crippen LogP contribution is -2.49. The molecule has 0 spiro atoms. The van der Waals surface area contributed by atoms with Gasteiger partial charge in [0.15, 0.2) is 12.2 Å². The first kappa shape index (κ1) is 21.4. The van der Waals surface area contributed by atoms with Gasteiger partial charge in [-0.15, -0.1) is 0 Å². The largest absolute Gasteiger partial charge is 0.464 e. The molecular formula is C18H32N2O5. The zero-order chi connectivity index (χ0) is 19.0.